The van der Waals surface area contributed by atoms with Crippen LogP contribution < -0.4 is 9.47 Å². The van der Waals surface area contributed by atoms with E-state index in [1.54, 1.807) is 0 Å². The second-order valence-corrected chi connectivity index (χ2v) is 6.78. The second kappa shape index (κ2) is 10.1. The number of rotatable bonds is 7. The highest BCUT2D eigenvalue weighted by molar-refractivity contribution is 6.05. The first-order chi connectivity index (χ1) is 15.7. The van der Waals surface area contributed by atoms with E-state index in [-0.39, 0.29) is 23.1 Å². The van der Waals surface area contributed by atoms with Gasteiger partial charge in [0.1, 0.15) is 0 Å². The summed E-state index contributed by atoms with van der Waals surface area (Å²) in [5.41, 5.74) is -5.27. The molecule has 34 heavy (non-hydrogen) atoms. The minimum Gasteiger partial charge on any atom is -0.493 e. The maximum atomic E-state index is 13.4. The van der Waals surface area contributed by atoms with Crippen LogP contribution in [0.4, 0.5) is 26.3 Å². The highest BCUT2D eigenvalue weighted by atomic mass is 19.4. The van der Waals surface area contributed by atoms with Crippen LogP contribution >= 0.6 is 0 Å². The quantitative estimate of drug-likeness (QED) is 0.326. The Morgan fingerprint density at radius 3 is 1.74 bits per heavy atom. The van der Waals surface area contributed by atoms with Crippen LogP contribution in [0.3, 0.4) is 0 Å². The highest BCUT2D eigenvalue weighted by Crippen LogP contribution is 2.41. The second-order valence-electron chi connectivity index (χ2n) is 6.78. The van der Waals surface area contributed by atoms with E-state index in [0.29, 0.717) is 12.1 Å². The summed E-state index contributed by atoms with van der Waals surface area (Å²) in [6.45, 7) is 0. The molecule has 0 bridgehead atoms. The van der Waals surface area contributed by atoms with Gasteiger partial charge >= 0.3 is 24.3 Å². The Bertz CT molecular complexity index is 1090. The van der Waals surface area contributed by atoms with Crippen LogP contribution in [0.25, 0.3) is 5.57 Å². The summed E-state index contributed by atoms with van der Waals surface area (Å²) in [6.07, 6.45) is -11.4. The average molecular weight is 492 g/mol. The smallest absolute Gasteiger partial charge is 0.416 e. The number of benzene rings is 2. The minimum atomic E-state index is -5.17. The Kier molecular flexibility index (Phi) is 7.86. The molecule has 0 saturated heterocycles. The molecule has 12 heteroatoms. The predicted octanol–water partition coefficient (Wildman–Crippen LogP) is 5.19. The van der Waals surface area contributed by atoms with Gasteiger partial charge in [-0.3, -0.25) is 4.79 Å². The van der Waals surface area contributed by atoms with Gasteiger partial charge in [-0.05, 0) is 41.5 Å². The molecule has 2 rings (SSSR count). The molecule has 0 fully saturated rings. The lowest BCUT2D eigenvalue weighted by molar-refractivity contribution is -0.143. The van der Waals surface area contributed by atoms with Gasteiger partial charge in [0.05, 0.1) is 44.5 Å². The third-order valence-electron chi connectivity index (χ3n) is 4.61. The average Bonchev–Trinajstić information content (AvgIpc) is 2.76. The molecule has 0 aromatic heterocycles. The Hall–Kier alpha value is -3.70. The van der Waals surface area contributed by atoms with Crippen molar-refractivity contribution in [3.63, 3.8) is 0 Å². The summed E-state index contributed by atoms with van der Waals surface area (Å²) in [5.74, 6) is -2.62. The molecule has 0 spiro atoms. The van der Waals surface area contributed by atoms with Crippen molar-refractivity contribution in [2.45, 2.75) is 18.8 Å². The summed E-state index contributed by atoms with van der Waals surface area (Å²) in [5, 5.41) is 9.28. The highest BCUT2D eigenvalue weighted by Gasteiger charge is 2.38. The zero-order valence-electron chi connectivity index (χ0n) is 17.9. The molecule has 2 aromatic carbocycles. The topological polar surface area (TPSA) is 82.1 Å². The third-order valence-corrected chi connectivity index (χ3v) is 4.61. The molecule has 0 heterocycles. The number of carboxylic acid groups (broad SMARTS) is 1. The third kappa shape index (κ3) is 6.00. The Morgan fingerprint density at radius 1 is 0.794 bits per heavy atom. The summed E-state index contributed by atoms with van der Waals surface area (Å²) >= 11 is 0. The number of ether oxygens (including phenoxy) is 3. The Labute approximate surface area is 189 Å². The van der Waals surface area contributed by atoms with E-state index in [2.05, 4.69) is 4.74 Å². The molecule has 0 atom stereocenters. The monoisotopic (exact) mass is 492 g/mol. The van der Waals surface area contributed by atoms with E-state index in [1.165, 1.54) is 32.4 Å². The van der Waals surface area contributed by atoms with Gasteiger partial charge in [0, 0.05) is 5.57 Å². The Morgan fingerprint density at radius 2 is 1.32 bits per heavy atom. The van der Waals surface area contributed by atoms with Crippen molar-refractivity contribution in [2.75, 3.05) is 21.3 Å². The van der Waals surface area contributed by atoms with E-state index in [0.717, 1.165) is 7.11 Å². The number of carbonyl (C=O) groups excluding carboxylic acids is 1. The summed E-state index contributed by atoms with van der Waals surface area (Å²) in [4.78, 5) is 23.9. The lowest BCUT2D eigenvalue weighted by Gasteiger charge is -2.19. The summed E-state index contributed by atoms with van der Waals surface area (Å²) in [7, 11) is 3.42. The van der Waals surface area contributed by atoms with Gasteiger partial charge in [0.15, 0.2) is 11.5 Å². The van der Waals surface area contributed by atoms with Gasteiger partial charge in [-0.2, -0.15) is 26.3 Å². The molecule has 2 aromatic rings. The fourth-order valence-corrected chi connectivity index (χ4v) is 3.14. The van der Waals surface area contributed by atoms with Gasteiger partial charge in [-0.15, -0.1) is 0 Å². The van der Waals surface area contributed by atoms with Crippen LogP contribution in [0.2, 0.25) is 0 Å². The summed E-state index contributed by atoms with van der Waals surface area (Å²) in [6, 6.07) is 4.42. The first-order valence-corrected chi connectivity index (χ1v) is 9.28. The van der Waals surface area contributed by atoms with Gasteiger partial charge in [0.25, 0.3) is 0 Å². The molecule has 0 saturated carbocycles. The fourth-order valence-electron chi connectivity index (χ4n) is 3.14. The maximum absolute atomic E-state index is 13.4. The Balaban J connectivity index is 3.05. The maximum Gasteiger partial charge on any atom is 0.416 e. The zero-order valence-corrected chi connectivity index (χ0v) is 17.9. The molecule has 0 radical (unpaired) electrons. The van der Waals surface area contributed by atoms with Crippen LogP contribution in [0, 0.1) is 0 Å². The first kappa shape index (κ1) is 26.6. The molecular formula is C22H18F6O6. The van der Waals surface area contributed by atoms with Crippen molar-refractivity contribution in [2.24, 2.45) is 0 Å². The van der Waals surface area contributed by atoms with Crippen molar-refractivity contribution in [3.8, 4) is 11.5 Å². The van der Waals surface area contributed by atoms with Crippen LogP contribution in [0.1, 0.15) is 28.7 Å². The van der Waals surface area contributed by atoms with Gasteiger partial charge in [-0.25, -0.2) is 4.79 Å². The molecule has 0 amide bonds. The van der Waals surface area contributed by atoms with Crippen LogP contribution in [-0.2, 0) is 26.7 Å². The van der Waals surface area contributed by atoms with E-state index in [9.17, 15) is 41.0 Å². The number of methoxy groups -OCH3 is 3. The molecule has 184 valence electrons. The fraction of sp³-hybridized carbons (Fsp3) is 0.273. The number of aliphatic carboxylic acids is 1. The number of hydrogen-bond acceptors (Lipinski definition) is 5. The van der Waals surface area contributed by atoms with Crippen LogP contribution in [0.15, 0.2) is 42.0 Å². The van der Waals surface area contributed by atoms with E-state index in [1.807, 2.05) is 0 Å². The van der Waals surface area contributed by atoms with Crippen molar-refractivity contribution in [1.82, 2.24) is 0 Å². The molecule has 0 aliphatic heterocycles. The largest absolute Gasteiger partial charge is 0.493 e. The van der Waals surface area contributed by atoms with E-state index in [4.69, 9.17) is 9.47 Å². The normalized spacial score (nSPS) is 12.6. The zero-order chi connectivity index (χ0) is 25.8. The van der Waals surface area contributed by atoms with E-state index >= 15 is 0 Å². The number of carboxylic acids is 1. The molecular weight excluding hydrogens is 474 g/mol. The minimum absolute atomic E-state index is 0.0278. The van der Waals surface area contributed by atoms with Crippen LogP contribution in [-0.4, -0.2) is 38.4 Å². The number of alkyl halides is 6. The number of carbonyl (C=O) groups is 2. The lowest BCUT2D eigenvalue weighted by Crippen LogP contribution is -2.15. The number of esters is 1. The predicted molar refractivity (Wildman–Crippen MR) is 106 cm³/mol. The number of halogens is 6. The standard InChI is InChI=1S/C22H18F6O6/c1-32-16-5-4-11(8-17(16)33-2)19(15(10-18(29)30)20(31)34-3)12-6-13(21(23,24)25)9-14(7-12)22(26,27)28/h4-9H,10H2,1-3H3,(H,29,30)/b19-15-. The molecule has 6 nitrogen and oxygen atoms in total. The SMILES string of the molecule is COC(=O)/C(CC(=O)O)=C(\c1cc(C(F)(F)F)cc(C(F)(F)F)c1)c1ccc(OC)c(OC)c1. The van der Waals surface area contributed by atoms with Crippen LogP contribution in [0.5, 0.6) is 11.5 Å². The van der Waals surface area contributed by atoms with Gasteiger partial charge < -0.3 is 19.3 Å². The lowest BCUT2D eigenvalue weighted by atomic mass is 9.89. The molecule has 0 aliphatic rings. The molecule has 0 unspecified atom stereocenters. The van der Waals surface area contributed by atoms with Crippen molar-refractivity contribution in [3.05, 3.63) is 64.2 Å². The van der Waals surface area contributed by atoms with E-state index < -0.39 is 58.5 Å². The summed E-state index contributed by atoms with van der Waals surface area (Å²) < 4.78 is 95.5. The van der Waals surface area contributed by atoms with Gasteiger partial charge in [-0.1, -0.05) is 6.07 Å². The molecule has 1 N–H and O–H groups in total. The van der Waals surface area contributed by atoms with Crippen molar-refractivity contribution >= 4 is 17.5 Å². The number of hydrogen-bond donors (Lipinski definition) is 1. The molecule has 0 aliphatic carbocycles. The van der Waals surface area contributed by atoms with Crippen molar-refractivity contribution in [1.29, 1.82) is 0 Å². The van der Waals surface area contributed by atoms with Crippen molar-refractivity contribution < 1.29 is 55.2 Å². The first-order valence-electron chi connectivity index (χ1n) is 9.28. The van der Waals surface area contributed by atoms with Gasteiger partial charge in [0.2, 0.25) is 0 Å².